The van der Waals surface area contributed by atoms with Crippen LogP contribution in [0.4, 0.5) is 4.79 Å². The molecule has 0 spiro atoms. The highest BCUT2D eigenvalue weighted by Crippen LogP contribution is 2.46. The van der Waals surface area contributed by atoms with Crippen molar-refractivity contribution in [2.24, 2.45) is 5.41 Å². The van der Waals surface area contributed by atoms with Crippen LogP contribution in [0.2, 0.25) is 0 Å². The van der Waals surface area contributed by atoms with Crippen molar-refractivity contribution in [3.05, 3.63) is 48.6 Å². The Kier molecular flexibility index (Phi) is 6.33. The molecule has 2 atom stereocenters. The van der Waals surface area contributed by atoms with Gasteiger partial charge in [0.05, 0.1) is 12.6 Å². The van der Waals surface area contributed by atoms with Crippen LogP contribution in [0.25, 0.3) is 0 Å². The molecule has 1 N–H and O–H groups in total. The largest absolute Gasteiger partial charge is 0.465 e. The predicted molar refractivity (Wildman–Crippen MR) is 91.8 cm³/mol. The Bertz CT molecular complexity index is 642. The van der Waals surface area contributed by atoms with E-state index < -0.39 is 23.5 Å². The fourth-order valence-electron chi connectivity index (χ4n) is 3.22. The molecule has 0 saturated heterocycles. The fourth-order valence-corrected chi connectivity index (χ4v) is 3.22. The summed E-state index contributed by atoms with van der Waals surface area (Å²) in [5, 5.41) is 2.69. The van der Waals surface area contributed by atoms with E-state index in [0.29, 0.717) is 18.4 Å². The molecule has 1 aliphatic carbocycles. The molecular formula is C19H23NO5. The number of benzene rings is 1. The summed E-state index contributed by atoms with van der Waals surface area (Å²) in [7, 11) is 0. The number of hydrogen-bond donors (Lipinski definition) is 1. The van der Waals surface area contributed by atoms with E-state index in [4.69, 9.17) is 9.47 Å². The molecule has 6 nitrogen and oxygen atoms in total. The van der Waals surface area contributed by atoms with E-state index in [9.17, 15) is 14.4 Å². The van der Waals surface area contributed by atoms with Crippen molar-refractivity contribution in [1.82, 2.24) is 5.32 Å². The van der Waals surface area contributed by atoms with Gasteiger partial charge in [-0.2, -0.15) is 0 Å². The van der Waals surface area contributed by atoms with Crippen LogP contribution in [0.5, 0.6) is 0 Å². The van der Waals surface area contributed by atoms with Gasteiger partial charge in [0.1, 0.15) is 6.61 Å². The third kappa shape index (κ3) is 3.90. The minimum Gasteiger partial charge on any atom is -0.465 e. The van der Waals surface area contributed by atoms with Crippen molar-refractivity contribution in [3.8, 4) is 0 Å². The Labute approximate surface area is 147 Å². The van der Waals surface area contributed by atoms with Crippen LogP contribution in [0.1, 0.15) is 37.8 Å². The van der Waals surface area contributed by atoms with Gasteiger partial charge in [0.25, 0.3) is 0 Å². The van der Waals surface area contributed by atoms with Crippen molar-refractivity contribution >= 4 is 17.8 Å². The van der Waals surface area contributed by atoms with Gasteiger partial charge in [-0.25, -0.2) is 4.79 Å². The first-order chi connectivity index (χ1) is 12.1. The highest BCUT2D eigenvalue weighted by molar-refractivity contribution is 6.06. The van der Waals surface area contributed by atoms with E-state index in [-0.39, 0.29) is 25.4 Å². The quantitative estimate of drug-likeness (QED) is 0.467. The minimum atomic E-state index is -1.43. The maximum Gasteiger partial charge on any atom is 0.407 e. The third-order valence-electron chi connectivity index (χ3n) is 4.33. The van der Waals surface area contributed by atoms with Crippen molar-refractivity contribution in [2.75, 3.05) is 13.2 Å². The van der Waals surface area contributed by atoms with Crippen LogP contribution >= 0.6 is 0 Å². The topological polar surface area (TPSA) is 81.7 Å². The SMILES string of the molecule is C=CCOC(=O)N[C@H](c1ccccc1)[C@@]1(C(=O)OCC)CCCC1=O. The number of rotatable bonds is 7. The first-order valence-corrected chi connectivity index (χ1v) is 8.36. The lowest BCUT2D eigenvalue weighted by Gasteiger charge is -2.34. The maximum absolute atomic E-state index is 12.7. The Balaban J connectivity index is 2.43. The van der Waals surface area contributed by atoms with Gasteiger partial charge in [0.2, 0.25) is 0 Å². The molecule has 0 bridgehead atoms. The van der Waals surface area contributed by atoms with Gasteiger partial charge in [0, 0.05) is 6.42 Å². The van der Waals surface area contributed by atoms with Crippen molar-refractivity contribution in [2.45, 2.75) is 32.2 Å². The molecule has 0 aliphatic heterocycles. The average Bonchev–Trinajstić information content (AvgIpc) is 3.01. The smallest absolute Gasteiger partial charge is 0.407 e. The standard InChI is InChI=1S/C19H23NO5/c1-3-13-25-18(23)20-16(14-9-6-5-7-10-14)19(17(22)24-4-2)12-8-11-15(19)21/h3,5-7,9-10,16H,1,4,8,11-13H2,2H3,(H,20,23)/t16-,19-/m1/s1. The second kappa shape index (κ2) is 8.46. The summed E-state index contributed by atoms with van der Waals surface area (Å²) < 4.78 is 10.2. The van der Waals surface area contributed by atoms with Crippen molar-refractivity contribution in [3.63, 3.8) is 0 Å². The van der Waals surface area contributed by atoms with Crippen molar-refractivity contribution < 1.29 is 23.9 Å². The fraction of sp³-hybridized carbons (Fsp3) is 0.421. The molecule has 1 aromatic rings. The van der Waals surface area contributed by atoms with E-state index in [1.807, 2.05) is 6.07 Å². The molecule has 0 radical (unpaired) electrons. The molecule has 1 amide bonds. The highest BCUT2D eigenvalue weighted by atomic mass is 16.5. The number of nitrogens with one attached hydrogen (secondary N) is 1. The van der Waals surface area contributed by atoms with E-state index in [0.717, 1.165) is 0 Å². The van der Waals surface area contributed by atoms with E-state index in [1.165, 1.54) is 6.08 Å². The number of carbonyl (C=O) groups is 3. The van der Waals surface area contributed by atoms with Crippen LogP contribution in [0, 0.1) is 5.41 Å². The number of ketones is 1. The lowest BCUT2D eigenvalue weighted by Crippen LogP contribution is -2.49. The second-order valence-corrected chi connectivity index (χ2v) is 5.84. The van der Waals surface area contributed by atoms with Crippen LogP contribution in [0.3, 0.4) is 0 Å². The van der Waals surface area contributed by atoms with Gasteiger partial charge in [0.15, 0.2) is 11.2 Å². The predicted octanol–water partition coefficient (Wildman–Crippen LogP) is 2.94. The van der Waals surface area contributed by atoms with E-state index in [1.54, 1.807) is 31.2 Å². The zero-order valence-electron chi connectivity index (χ0n) is 14.3. The Morgan fingerprint density at radius 3 is 2.60 bits per heavy atom. The molecule has 134 valence electrons. The summed E-state index contributed by atoms with van der Waals surface area (Å²) in [5.41, 5.74) is -0.772. The minimum absolute atomic E-state index is 0.0354. The van der Waals surface area contributed by atoms with Gasteiger partial charge in [-0.05, 0) is 25.3 Å². The number of ether oxygens (including phenoxy) is 2. The summed E-state index contributed by atoms with van der Waals surface area (Å²) in [6.07, 6.45) is 1.91. The van der Waals surface area contributed by atoms with Gasteiger partial charge in [-0.15, -0.1) is 0 Å². The summed E-state index contributed by atoms with van der Waals surface area (Å²) in [6, 6.07) is 8.09. The lowest BCUT2D eigenvalue weighted by molar-refractivity contribution is -0.161. The third-order valence-corrected chi connectivity index (χ3v) is 4.33. The first-order valence-electron chi connectivity index (χ1n) is 8.36. The first kappa shape index (κ1) is 18.7. The van der Waals surface area contributed by atoms with Gasteiger partial charge in [-0.1, -0.05) is 43.0 Å². The molecule has 1 aromatic carbocycles. The molecule has 0 aromatic heterocycles. The molecule has 1 fully saturated rings. The highest BCUT2D eigenvalue weighted by Gasteiger charge is 2.56. The molecule has 1 aliphatic rings. The molecule has 0 unspecified atom stereocenters. The molecule has 2 rings (SSSR count). The normalized spacial score (nSPS) is 20.6. The van der Waals surface area contributed by atoms with Crippen molar-refractivity contribution in [1.29, 1.82) is 0 Å². The summed E-state index contributed by atoms with van der Waals surface area (Å²) in [6.45, 7) is 5.38. The van der Waals surface area contributed by atoms with Gasteiger partial charge >= 0.3 is 12.1 Å². The Hall–Kier alpha value is -2.63. The summed E-state index contributed by atoms with van der Waals surface area (Å²) in [4.78, 5) is 37.6. The Morgan fingerprint density at radius 2 is 2.04 bits per heavy atom. The Morgan fingerprint density at radius 1 is 1.32 bits per heavy atom. The zero-order valence-corrected chi connectivity index (χ0v) is 14.3. The van der Waals surface area contributed by atoms with Crippen LogP contribution in [-0.2, 0) is 19.1 Å². The second-order valence-electron chi connectivity index (χ2n) is 5.84. The number of amides is 1. The molecular weight excluding hydrogens is 322 g/mol. The van der Waals surface area contributed by atoms with Crippen LogP contribution in [0.15, 0.2) is 43.0 Å². The lowest BCUT2D eigenvalue weighted by atomic mass is 9.74. The summed E-state index contributed by atoms with van der Waals surface area (Å²) >= 11 is 0. The van der Waals surface area contributed by atoms with Crippen LogP contribution in [-0.4, -0.2) is 31.1 Å². The monoisotopic (exact) mass is 345 g/mol. The summed E-state index contributed by atoms with van der Waals surface area (Å²) in [5.74, 6) is -0.820. The number of carbonyl (C=O) groups excluding carboxylic acids is 3. The number of Topliss-reactive ketones (excluding diaryl/α,β-unsaturated/α-hetero) is 1. The van der Waals surface area contributed by atoms with Gasteiger partial charge in [-0.3, -0.25) is 9.59 Å². The number of hydrogen-bond acceptors (Lipinski definition) is 5. The molecule has 25 heavy (non-hydrogen) atoms. The molecule has 1 saturated carbocycles. The van der Waals surface area contributed by atoms with E-state index in [2.05, 4.69) is 11.9 Å². The van der Waals surface area contributed by atoms with Gasteiger partial charge < -0.3 is 14.8 Å². The number of alkyl carbamates (subject to hydrolysis) is 1. The van der Waals surface area contributed by atoms with E-state index >= 15 is 0 Å². The number of esters is 1. The zero-order chi connectivity index (χ0) is 18.3. The average molecular weight is 345 g/mol. The van der Waals surface area contributed by atoms with Crippen LogP contribution < -0.4 is 5.32 Å². The molecule has 0 heterocycles. The molecule has 6 heteroatoms. The maximum atomic E-state index is 12.7.